The van der Waals surface area contributed by atoms with E-state index < -0.39 is 0 Å². The van der Waals surface area contributed by atoms with E-state index in [1.807, 2.05) is 13.8 Å². The van der Waals surface area contributed by atoms with E-state index in [0.717, 1.165) is 0 Å². The summed E-state index contributed by atoms with van der Waals surface area (Å²) in [7, 11) is 0. The van der Waals surface area contributed by atoms with Crippen LogP contribution < -0.4 is 0 Å². The Morgan fingerprint density at radius 3 is 1.33 bits per heavy atom. The Morgan fingerprint density at radius 2 is 1.27 bits per heavy atom. The molecule has 1 heteroatoms. The van der Waals surface area contributed by atoms with Crippen LogP contribution in [0.25, 0.3) is 0 Å². The predicted octanol–water partition coefficient (Wildman–Crippen LogP) is 4.99. The smallest absolute Gasteiger partial charge is 0 e. The molecule has 0 saturated heterocycles. The normalized spacial score (nSPS) is 18.5. The minimum Gasteiger partial charge on any atom is -0.346 e. The molecule has 0 bridgehead atoms. The number of hydrogen-bond donors (Lipinski definition) is 0. The molecule has 1 aliphatic rings. The van der Waals surface area contributed by atoms with Gasteiger partial charge in [-0.2, -0.15) is 30.6 Å². The van der Waals surface area contributed by atoms with Crippen molar-refractivity contribution in [1.29, 1.82) is 0 Å². The van der Waals surface area contributed by atoms with Gasteiger partial charge in [0.2, 0.25) is 0 Å². The van der Waals surface area contributed by atoms with Crippen molar-refractivity contribution in [1.82, 2.24) is 0 Å². The van der Waals surface area contributed by atoms with Crippen molar-refractivity contribution in [3.63, 3.8) is 0 Å². The van der Waals surface area contributed by atoms with Gasteiger partial charge in [0.15, 0.2) is 0 Å². The summed E-state index contributed by atoms with van der Waals surface area (Å²) in [5.74, 6) is 0.632. The predicted molar refractivity (Wildman–Crippen MR) is 68.0 cm³/mol. The molecule has 0 aromatic heterocycles. The molecular weight excluding hydrogens is 257 g/mol. The monoisotopic (exact) mass is 283 g/mol. The summed E-state index contributed by atoms with van der Waals surface area (Å²) in [5, 5.41) is 0. The maximum atomic E-state index is 4.02. The van der Waals surface area contributed by atoms with E-state index >= 15 is 0 Å². The summed E-state index contributed by atoms with van der Waals surface area (Å²) in [6, 6.07) is 0. The Labute approximate surface area is 122 Å². The van der Waals surface area contributed by atoms with Crippen LogP contribution in [0.4, 0.5) is 0 Å². The van der Waals surface area contributed by atoms with Gasteiger partial charge in [0.05, 0.1) is 0 Å². The Bertz CT molecular complexity index is 197. The van der Waals surface area contributed by atoms with E-state index in [9.17, 15) is 0 Å². The Balaban J connectivity index is -0.000000258. The van der Waals surface area contributed by atoms with Crippen molar-refractivity contribution < 1.29 is 32.7 Å². The third kappa shape index (κ3) is 5.36. The number of allylic oxidation sites excluding steroid dienone is 4. The van der Waals surface area contributed by atoms with E-state index in [0.29, 0.717) is 5.92 Å². The molecule has 0 nitrogen and oxygen atoms in total. The maximum absolute atomic E-state index is 4.02. The average Bonchev–Trinajstić information content (AvgIpc) is 2.42. The summed E-state index contributed by atoms with van der Waals surface area (Å²) in [6.07, 6.45) is 0. The minimum absolute atomic E-state index is 0. The zero-order chi connectivity index (χ0) is 11.9. The van der Waals surface area contributed by atoms with E-state index in [-0.39, 0.29) is 32.7 Å². The summed E-state index contributed by atoms with van der Waals surface area (Å²) >= 11 is 0. The van der Waals surface area contributed by atoms with Crippen molar-refractivity contribution in [2.24, 2.45) is 5.92 Å². The summed E-state index contributed by atoms with van der Waals surface area (Å²) < 4.78 is 0. The maximum Gasteiger partial charge on any atom is 0 e. The van der Waals surface area contributed by atoms with E-state index in [2.05, 4.69) is 41.5 Å². The topological polar surface area (TPSA) is 0 Å². The molecule has 1 rings (SSSR count). The van der Waals surface area contributed by atoms with Gasteiger partial charge in [-0.3, -0.25) is 0 Å². The zero-order valence-electron chi connectivity index (χ0n) is 11.6. The fourth-order valence-electron chi connectivity index (χ4n) is 1.44. The first-order chi connectivity index (χ1) is 6.55. The van der Waals surface area contributed by atoms with Crippen LogP contribution in [0.1, 0.15) is 48.5 Å². The first-order valence-corrected chi connectivity index (χ1v) is 5.47. The second kappa shape index (κ2) is 11.0. The van der Waals surface area contributed by atoms with Gasteiger partial charge < -0.3 is 6.92 Å². The van der Waals surface area contributed by atoms with Crippen LogP contribution >= 0.6 is 0 Å². The van der Waals surface area contributed by atoms with E-state index in [4.69, 9.17) is 0 Å². The van der Waals surface area contributed by atoms with Gasteiger partial charge in [0.25, 0.3) is 0 Å². The molecule has 0 aromatic rings. The molecule has 0 N–H and O–H groups in total. The van der Waals surface area contributed by atoms with E-state index in [1.165, 1.54) is 22.3 Å². The van der Waals surface area contributed by atoms with Gasteiger partial charge in [-0.05, 0) is 0 Å². The minimum atomic E-state index is 0. The molecular formula is C14H26Y-2. The largest absolute Gasteiger partial charge is 0.346 e. The van der Waals surface area contributed by atoms with Crippen molar-refractivity contribution in [2.75, 3.05) is 0 Å². The first kappa shape index (κ1) is 20.8. The Morgan fingerprint density at radius 1 is 0.933 bits per heavy atom. The molecule has 15 heavy (non-hydrogen) atoms. The molecule has 87 valence electrons. The number of hydrogen-bond acceptors (Lipinski definition) is 0. The molecule has 1 unspecified atom stereocenters. The standard InChI is InChI=1S/C10H15.C2H6.C2H5.Y/c1-6-7(2)9(4)10(5)8(6)3;2*1-2;/h9H,1H2,2-5H3;1-2H3;1H2,2H3;/q-1;;-1;. The third-order valence-electron chi connectivity index (χ3n) is 2.82. The van der Waals surface area contributed by atoms with Gasteiger partial charge in [-0.25, -0.2) is 0 Å². The molecule has 0 spiro atoms. The van der Waals surface area contributed by atoms with Crippen molar-refractivity contribution >= 4 is 0 Å². The SMILES string of the molecule is CC.[CH2-]C.[CH2-]C1=C(C)C(C)C(C)=C1C.[Y]. The number of rotatable bonds is 0. The summed E-state index contributed by atoms with van der Waals surface area (Å²) in [6.45, 7) is 21.8. The fourth-order valence-corrected chi connectivity index (χ4v) is 1.44. The molecule has 1 radical (unpaired) electrons. The van der Waals surface area contributed by atoms with Gasteiger partial charge in [0.1, 0.15) is 0 Å². The first-order valence-electron chi connectivity index (χ1n) is 5.47. The third-order valence-corrected chi connectivity index (χ3v) is 2.82. The average molecular weight is 283 g/mol. The molecule has 0 amide bonds. The second-order valence-corrected chi connectivity index (χ2v) is 3.19. The van der Waals surface area contributed by atoms with Gasteiger partial charge in [-0.1, -0.05) is 47.5 Å². The summed E-state index contributed by atoms with van der Waals surface area (Å²) in [5.41, 5.74) is 5.58. The van der Waals surface area contributed by atoms with Crippen molar-refractivity contribution in [3.05, 3.63) is 36.1 Å². The van der Waals surface area contributed by atoms with Crippen LogP contribution in [-0.4, -0.2) is 0 Å². The molecule has 1 aliphatic carbocycles. The van der Waals surface area contributed by atoms with Crippen LogP contribution in [0.15, 0.2) is 22.3 Å². The van der Waals surface area contributed by atoms with Crippen LogP contribution in [0.3, 0.4) is 0 Å². The van der Waals surface area contributed by atoms with Crippen LogP contribution in [0.2, 0.25) is 0 Å². The molecule has 0 aromatic carbocycles. The van der Waals surface area contributed by atoms with Crippen LogP contribution in [-0.2, 0) is 32.7 Å². The van der Waals surface area contributed by atoms with Gasteiger partial charge >= 0.3 is 0 Å². The Hall–Kier alpha value is 0.454. The van der Waals surface area contributed by atoms with Gasteiger partial charge in [-0.15, -0.1) is 5.57 Å². The fraction of sp³-hybridized carbons (Fsp3) is 0.571. The quantitative estimate of drug-likeness (QED) is 0.549. The van der Waals surface area contributed by atoms with E-state index in [1.54, 1.807) is 6.92 Å². The summed E-state index contributed by atoms with van der Waals surface area (Å²) in [4.78, 5) is 0. The molecule has 0 fully saturated rings. The van der Waals surface area contributed by atoms with Crippen molar-refractivity contribution in [2.45, 2.75) is 48.5 Å². The second-order valence-electron chi connectivity index (χ2n) is 3.19. The Kier molecular flexibility index (Phi) is 15.2. The molecule has 1 atom stereocenters. The molecule has 0 saturated carbocycles. The van der Waals surface area contributed by atoms with Crippen LogP contribution in [0.5, 0.6) is 0 Å². The molecule has 0 aliphatic heterocycles. The molecule has 0 heterocycles. The van der Waals surface area contributed by atoms with Crippen LogP contribution in [0, 0.1) is 19.8 Å². The zero-order valence-corrected chi connectivity index (χ0v) is 14.4. The van der Waals surface area contributed by atoms with Gasteiger partial charge in [0, 0.05) is 32.7 Å². The van der Waals surface area contributed by atoms with Crippen molar-refractivity contribution in [3.8, 4) is 0 Å².